The third-order valence-electron chi connectivity index (χ3n) is 3.20. The van der Waals surface area contributed by atoms with Gasteiger partial charge in [0.2, 0.25) is 0 Å². The zero-order chi connectivity index (χ0) is 7.52. The highest BCUT2D eigenvalue weighted by atomic mass is 14.3. The second kappa shape index (κ2) is 3.30. The van der Waals surface area contributed by atoms with Gasteiger partial charge in [0, 0.05) is 12.8 Å². The van der Waals surface area contributed by atoms with Gasteiger partial charge in [-0.15, -0.1) is 11.8 Å². The smallest absolute Gasteiger partial charge is 0.0120 e. The molecule has 0 nitrogen and oxygen atoms in total. The molecule has 0 amide bonds. The summed E-state index contributed by atoms with van der Waals surface area (Å²) in [6.07, 6.45) is 9.63. The Labute approximate surface area is 69.4 Å². The standard InChI is InChI=1S/C11H16/c1-2-6-10-8-4-5-9-11(10)7-3-1/h10-11H,2,4-9H2/t10-,11?/m0/s1. The van der Waals surface area contributed by atoms with Gasteiger partial charge in [0.05, 0.1) is 0 Å². The van der Waals surface area contributed by atoms with Crippen LogP contribution in [0.5, 0.6) is 0 Å². The summed E-state index contributed by atoms with van der Waals surface area (Å²) < 4.78 is 0. The van der Waals surface area contributed by atoms with E-state index in [0.29, 0.717) is 0 Å². The molecule has 2 atom stereocenters. The largest absolute Gasteiger partial charge is 0.103 e. The molecule has 1 fully saturated rings. The van der Waals surface area contributed by atoms with Crippen molar-refractivity contribution in [2.75, 3.05) is 0 Å². The van der Waals surface area contributed by atoms with E-state index in [4.69, 9.17) is 0 Å². The molecule has 1 unspecified atom stereocenters. The van der Waals surface area contributed by atoms with Crippen molar-refractivity contribution >= 4 is 0 Å². The number of fused-ring (bicyclic) bond motifs is 1. The minimum absolute atomic E-state index is 0.971. The van der Waals surface area contributed by atoms with Crippen LogP contribution in [0, 0.1) is 23.7 Å². The van der Waals surface area contributed by atoms with Crippen LogP contribution in [0.25, 0.3) is 0 Å². The number of rotatable bonds is 0. The molecule has 2 aliphatic rings. The highest BCUT2D eigenvalue weighted by molar-refractivity contribution is 5.04. The van der Waals surface area contributed by atoms with Gasteiger partial charge in [-0.05, 0) is 24.7 Å². The van der Waals surface area contributed by atoms with Crippen LogP contribution in [-0.2, 0) is 0 Å². The molecule has 0 radical (unpaired) electrons. The van der Waals surface area contributed by atoms with Crippen molar-refractivity contribution in [1.29, 1.82) is 0 Å². The third kappa shape index (κ3) is 1.59. The normalized spacial score (nSPS) is 36.4. The maximum absolute atomic E-state index is 3.30. The molecule has 0 heterocycles. The van der Waals surface area contributed by atoms with E-state index >= 15 is 0 Å². The van der Waals surface area contributed by atoms with E-state index in [1.54, 1.807) is 0 Å². The quantitative estimate of drug-likeness (QED) is 0.463. The fourth-order valence-corrected chi connectivity index (χ4v) is 2.48. The summed E-state index contributed by atoms with van der Waals surface area (Å²) in [4.78, 5) is 0. The van der Waals surface area contributed by atoms with Crippen molar-refractivity contribution in [2.45, 2.75) is 44.9 Å². The van der Waals surface area contributed by atoms with Gasteiger partial charge in [-0.2, -0.15) is 0 Å². The number of hydrogen-bond acceptors (Lipinski definition) is 0. The second-order valence-corrected chi connectivity index (χ2v) is 3.90. The lowest BCUT2D eigenvalue weighted by Crippen LogP contribution is -2.17. The Bertz CT molecular complexity index is 182. The molecule has 0 bridgehead atoms. The average Bonchev–Trinajstić information content (AvgIpc) is 2.28. The van der Waals surface area contributed by atoms with E-state index in [-0.39, 0.29) is 0 Å². The third-order valence-corrected chi connectivity index (χ3v) is 3.20. The van der Waals surface area contributed by atoms with Crippen LogP contribution < -0.4 is 0 Å². The molecule has 2 rings (SSSR count). The molecule has 0 aromatic heterocycles. The molecule has 11 heavy (non-hydrogen) atoms. The average molecular weight is 148 g/mol. The van der Waals surface area contributed by atoms with Crippen LogP contribution in [0.2, 0.25) is 0 Å². The van der Waals surface area contributed by atoms with E-state index in [0.717, 1.165) is 11.8 Å². The van der Waals surface area contributed by atoms with Crippen molar-refractivity contribution in [3.8, 4) is 11.8 Å². The van der Waals surface area contributed by atoms with Crippen LogP contribution in [0.1, 0.15) is 44.9 Å². The fourth-order valence-electron chi connectivity index (χ4n) is 2.48. The molecular formula is C11H16. The Morgan fingerprint density at radius 1 is 0.818 bits per heavy atom. The van der Waals surface area contributed by atoms with E-state index in [1.807, 2.05) is 0 Å². The minimum Gasteiger partial charge on any atom is -0.103 e. The number of hydrogen-bond donors (Lipinski definition) is 0. The van der Waals surface area contributed by atoms with Gasteiger partial charge in [0.25, 0.3) is 0 Å². The summed E-state index contributed by atoms with van der Waals surface area (Å²) in [6, 6.07) is 0. The van der Waals surface area contributed by atoms with E-state index in [1.165, 1.54) is 44.9 Å². The monoisotopic (exact) mass is 148 g/mol. The van der Waals surface area contributed by atoms with Crippen LogP contribution in [0.3, 0.4) is 0 Å². The van der Waals surface area contributed by atoms with Gasteiger partial charge < -0.3 is 0 Å². The lowest BCUT2D eigenvalue weighted by atomic mass is 9.76. The highest BCUT2D eigenvalue weighted by Gasteiger charge is 2.24. The topological polar surface area (TPSA) is 0 Å². The van der Waals surface area contributed by atoms with Crippen molar-refractivity contribution < 1.29 is 0 Å². The highest BCUT2D eigenvalue weighted by Crippen LogP contribution is 2.35. The molecule has 0 saturated heterocycles. The molecular weight excluding hydrogens is 132 g/mol. The van der Waals surface area contributed by atoms with Crippen LogP contribution in [0.15, 0.2) is 0 Å². The maximum Gasteiger partial charge on any atom is 0.0120 e. The summed E-state index contributed by atoms with van der Waals surface area (Å²) in [6.45, 7) is 0. The van der Waals surface area contributed by atoms with Gasteiger partial charge >= 0.3 is 0 Å². The first-order valence-corrected chi connectivity index (χ1v) is 4.92. The summed E-state index contributed by atoms with van der Waals surface area (Å²) in [7, 11) is 0. The maximum atomic E-state index is 3.30. The minimum atomic E-state index is 0.971. The van der Waals surface area contributed by atoms with E-state index in [9.17, 15) is 0 Å². The SMILES string of the molecule is C1#CCC2CCCC[C@@H]2CC1. The molecule has 2 aliphatic carbocycles. The Kier molecular flexibility index (Phi) is 2.17. The van der Waals surface area contributed by atoms with Gasteiger partial charge in [-0.25, -0.2) is 0 Å². The van der Waals surface area contributed by atoms with Crippen molar-refractivity contribution in [1.82, 2.24) is 0 Å². The van der Waals surface area contributed by atoms with Gasteiger partial charge in [0.1, 0.15) is 0 Å². The Hall–Kier alpha value is -0.440. The predicted molar refractivity (Wildman–Crippen MR) is 47.1 cm³/mol. The zero-order valence-electron chi connectivity index (χ0n) is 7.10. The summed E-state index contributed by atoms with van der Waals surface area (Å²) in [5, 5.41) is 0. The van der Waals surface area contributed by atoms with Crippen LogP contribution in [-0.4, -0.2) is 0 Å². The van der Waals surface area contributed by atoms with Gasteiger partial charge in [-0.3, -0.25) is 0 Å². The summed E-state index contributed by atoms with van der Waals surface area (Å²) in [5.41, 5.74) is 0. The molecule has 0 aromatic rings. The zero-order valence-corrected chi connectivity index (χ0v) is 7.10. The Morgan fingerprint density at radius 3 is 2.55 bits per heavy atom. The van der Waals surface area contributed by atoms with Crippen LogP contribution in [0.4, 0.5) is 0 Å². The lowest BCUT2D eigenvalue weighted by Gasteiger charge is -2.28. The Balaban J connectivity index is 2.00. The first kappa shape index (κ1) is 7.22. The molecule has 0 spiro atoms. The van der Waals surface area contributed by atoms with Crippen molar-refractivity contribution in [3.63, 3.8) is 0 Å². The van der Waals surface area contributed by atoms with Gasteiger partial charge in [0.15, 0.2) is 0 Å². The van der Waals surface area contributed by atoms with Crippen LogP contribution >= 0.6 is 0 Å². The van der Waals surface area contributed by atoms with E-state index < -0.39 is 0 Å². The molecule has 0 aliphatic heterocycles. The molecule has 0 N–H and O–H groups in total. The lowest BCUT2D eigenvalue weighted by molar-refractivity contribution is 0.233. The molecule has 0 aromatic carbocycles. The Morgan fingerprint density at radius 2 is 1.64 bits per heavy atom. The first-order chi connectivity index (χ1) is 5.47. The molecule has 1 saturated carbocycles. The van der Waals surface area contributed by atoms with Crippen molar-refractivity contribution in [2.24, 2.45) is 11.8 Å². The fraction of sp³-hybridized carbons (Fsp3) is 0.818. The first-order valence-electron chi connectivity index (χ1n) is 4.92. The second-order valence-electron chi connectivity index (χ2n) is 3.90. The van der Waals surface area contributed by atoms with Gasteiger partial charge in [-0.1, -0.05) is 19.3 Å². The molecule has 0 heteroatoms. The van der Waals surface area contributed by atoms with Crippen molar-refractivity contribution in [3.05, 3.63) is 0 Å². The predicted octanol–water partition coefficient (Wildman–Crippen LogP) is 2.98. The summed E-state index contributed by atoms with van der Waals surface area (Å²) >= 11 is 0. The summed E-state index contributed by atoms with van der Waals surface area (Å²) in [5.74, 6) is 8.54. The molecule has 60 valence electrons. The van der Waals surface area contributed by atoms with E-state index in [2.05, 4.69) is 11.8 Å².